The fourth-order valence-corrected chi connectivity index (χ4v) is 3.84. The Morgan fingerprint density at radius 1 is 1.00 bits per heavy atom. The van der Waals surface area contributed by atoms with Crippen molar-refractivity contribution in [1.82, 2.24) is 4.90 Å². The van der Waals surface area contributed by atoms with Gasteiger partial charge >= 0.3 is 5.97 Å². The maximum Gasteiger partial charge on any atom is 0.307 e. The first-order valence-electron chi connectivity index (χ1n) is 11.0. The Balaban J connectivity index is 1.87. The normalized spacial score (nSPS) is 10.6. The van der Waals surface area contributed by atoms with Gasteiger partial charge in [0.25, 0.3) is 5.91 Å². The van der Waals surface area contributed by atoms with Gasteiger partial charge in [0.15, 0.2) is 6.61 Å². The zero-order chi connectivity index (χ0) is 24.7. The fraction of sp³-hybridized carbons (Fsp3) is 0.259. The number of amides is 1. The van der Waals surface area contributed by atoms with Crippen LogP contribution in [0.1, 0.15) is 23.6 Å². The van der Waals surface area contributed by atoms with Crippen molar-refractivity contribution in [3.05, 3.63) is 82.4 Å². The summed E-state index contributed by atoms with van der Waals surface area (Å²) >= 11 is 5.90. The molecule has 0 aromatic heterocycles. The van der Waals surface area contributed by atoms with Gasteiger partial charge in [-0.05, 0) is 66.9 Å². The molecule has 0 unspecified atom stereocenters. The van der Waals surface area contributed by atoms with Gasteiger partial charge in [-0.1, -0.05) is 41.4 Å². The molecule has 0 fully saturated rings. The number of rotatable bonds is 10. The molecule has 3 rings (SSSR count). The molecule has 0 radical (unpaired) electrons. The number of halogens is 1. The highest BCUT2D eigenvalue weighted by atomic mass is 35.5. The second-order valence-electron chi connectivity index (χ2n) is 7.92. The molecule has 0 spiro atoms. The highest BCUT2D eigenvalue weighted by Crippen LogP contribution is 2.34. The second kappa shape index (κ2) is 11.6. The van der Waals surface area contributed by atoms with Crippen LogP contribution in [0.3, 0.4) is 0 Å². The first-order valence-corrected chi connectivity index (χ1v) is 11.3. The zero-order valence-electron chi connectivity index (χ0n) is 19.5. The minimum absolute atomic E-state index is 0.0835. The lowest BCUT2D eigenvalue weighted by molar-refractivity contribution is -0.136. The van der Waals surface area contributed by atoms with Gasteiger partial charge in [0.05, 0.1) is 13.5 Å². The number of hydrogen-bond donors (Lipinski definition) is 1. The van der Waals surface area contributed by atoms with Gasteiger partial charge in [-0.15, -0.1) is 0 Å². The molecule has 0 saturated carbocycles. The van der Waals surface area contributed by atoms with E-state index in [1.54, 1.807) is 48.4 Å². The lowest BCUT2D eigenvalue weighted by Crippen LogP contribution is -2.34. The summed E-state index contributed by atoms with van der Waals surface area (Å²) in [4.78, 5) is 25.9. The van der Waals surface area contributed by atoms with E-state index in [0.717, 1.165) is 22.3 Å². The number of hydrogen-bond acceptors (Lipinski definition) is 4. The molecule has 178 valence electrons. The molecule has 0 saturated heterocycles. The number of methoxy groups -OCH3 is 1. The predicted octanol–water partition coefficient (Wildman–Crippen LogP) is 5.38. The van der Waals surface area contributed by atoms with Crippen LogP contribution >= 0.6 is 11.6 Å². The van der Waals surface area contributed by atoms with Gasteiger partial charge in [-0.3, -0.25) is 9.59 Å². The summed E-state index contributed by atoms with van der Waals surface area (Å²) in [6.45, 7) is 4.71. The Kier molecular flexibility index (Phi) is 8.55. The van der Waals surface area contributed by atoms with E-state index in [1.165, 1.54) is 0 Å². The van der Waals surface area contributed by atoms with Crippen molar-refractivity contribution in [3.63, 3.8) is 0 Å². The summed E-state index contributed by atoms with van der Waals surface area (Å²) in [7, 11) is 1.58. The van der Waals surface area contributed by atoms with Gasteiger partial charge in [-0.2, -0.15) is 0 Å². The standard InChI is InChI=1S/C27H28ClNO5/c1-4-29(26(30)17-34-22-9-7-21(28)8-10-22)16-20-13-18(2)5-11-23(20)24-14-19(15-27(31)32)6-12-25(24)33-3/h5-14H,4,15-17H2,1-3H3,(H,31,32). The van der Waals surface area contributed by atoms with E-state index in [1.807, 2.05) is 38.1 Å². The zero-order valence-corrected chi connectivity index (χ0v) is 20.3. The van der Waals surface area contributed by atoms with Crippen LogP contribution in [-0.4, -0.2) is 42.1 Å². The van der Waals surface area contributed by atoms with E-state index >= 15 is 0 Å². The third-order valence-electron chi connectivity index (χ3n) is 5.44. The van der Waals surface area contributed by atoms with Gasteiger partial charge in [-0.25, -0.2) is 0 Å². The Labute approximate surface area is 204 Å². The van der Waals surface area contributed by atoms with Crippen molar-refractivity contribution in [3.8, 4) is 22.6 Å². The van der Waals surface area contributed by atoms with Gasteiger partial charge < -0.3 is 19.5 Å². The van der Waals surface area contributed by atoms with Crippen LogP contribution in [0, 0.1) is 6.92 Å². The van der Waals surface area contributed by atoms with Crippen molar-refractivity contribution < 1.29 is 24.2 Å². The van der Waals surface area contributed by atoms with Crippen LogP contribution < -0.4 is 9.47 Å². The highest BCUT2D eigenvalue weighted by Gasteiger charge is 2.18. The molecule has 0 heterocycles. The molecular weight excluding hydrogens is 454 g/mol. The average molecular weight is 482 g/mol. The second-order valence-corrected chi connectivity index (χ2v) is 8.35. The van der Waals surface area contributed by atoms with Crippen LogP contribution in [0.2, 0.25) is 5.02 Å². The lowest BCUT2D eigenvalue weighted by Gasteiger charge is -2.24. The van der Waals surface area contributed by atoms with Crippen LogP contribution in [0.5, 0.6) is 11.5 Å². The van der Waals surface area contributed by atoms with Crippen molar-refractivity contribution >= 4 is 23.5 Å². The maximum absolute atomic E-state index is 12.9. The van der Waals surface area contributed by atoms with E-state index in [2.05, 4.69) is 0 Å². The number of likely N-dealkylation sites (N-methyl/N-ethyl adjacent to an activating group) is 1. The molecule has 3 aromatic carbocycles. The first-order chi connectivity index (χ1) is 16.3. The van der Waals surface area contributed by atoms with Gasteiger partial charge in [0.1, 0.15) is 11.5 Å². The van der Waals surface area contributed by atoms with Crippen molar-refractivity contribution in [2.24, 2.45) is 0 Å². The Hall–Kier alpha value is -3.51. The van der Waals surface area contributed by atoms with Crippen molar-refractivity contribution in [1.29, 1.82) is 0 Å². The summed E-state index contributed by atoms with van der Waals surface area (Å²) in [5, 5.41) is 9.81. The van der Waals surface area contributed by atoms with Crippen molar-refractivity contribution in [2.45, 2.75) is 26.8 Å². The van der Waals surface area contributed by atoms with E-state index in [9.17, 15) is 14.7 Å². The van der Waals surface area contributed by atoms with Crippen molar-refractivity contribution in [2.75, 3.05) is 20.3 Å². The quantitative estimate of drug-likeness (QED) is 0.421. The lowest BCUT2D eigenvalue weighted by atomic mass is 9.94. The minimum atomic E-state index is -0.899. The number of carbonyl (C=O) groups excluding carboxylic acids is 1. The summed E-state index contributed by atoms with van der Waals surface area (Å²) in [6.07, 6.45) is -0.0835. The van der Waals surface area contributed by atoms with E-state index in [-0.39, 0.29) is 18.9 Å². The molecule has 0 aliphatic rings. The number of ether oxygens (including phenoxy) is 2. The highest BCUT2D eigenvalue weighted by molar-refractivity contribution is 6.30. The smallest absolute Gasteiger partial charge is 0.307 e. The minimum Gasteiger partial charge on any atom is -0.496 e. The number of aryl methyl sites for hydroxylation is 1. The Morgan fingerprint density at radius 3 is 2.38 bits per heavy atom. The Bertz CT molecular complexity index is 1160. The van der Waals surface area contributed by atoms with E-state index in [4.69, 9.17) is 21.1 Å². The molecule has 3 aromatic rings. The largest absolute Gasteiger partial charge is 0.496 e. The average Bonchev–Trinajstić information content (AvgIpc) is 2.81. The number of aliphatic carboxylic acids is 1. The topological polar surface area (TPSA) is 76.1 Å². The predicted molar refractivity (Wildman–Crippen MR) is 133 cm³/mol. The molecule has 0 aliphatic heterocycles. The molecular formula is C27H28ClNO5. The van der Waals surface area contributed by atoms with Crippen LogP contribution in [0.25, 0.3) is 11.1 Å². The maximum atomic E-state index is 12.9. The number of nitrogens with zero attached hydrogens (tertiary/aromatic N) is 1. The molecule has 1 amide bonds. The summed E-state index contributed by atoms with van der Waals surface area (Å²) < 4.78 is 11.2. The van der Waals surface area contributed by atoms with E-state index < -0.39 is 5.97 Å². The summed E-state index contributed by atoms with van der Waals surface area (Å²) in [5.74, 6) is 0.171. The van der Waals surface area contributed by atoms with E-state index in [0.29, 0.717) is 35.2 Å². The number of carboxylic acids is 1. The SMILES string of the molecule is CCN(Cc1cc(C)ccc1-c1cc(CC(=O)O)ccc1OC)C(=O)COc1ccc(Cl)cc1. The number of carbonyl (C=O) groups is 2. The monoisotopic (exact) mass is 481 g/mol. The number of carboxylic acid groups (broad SMARTS) is 1. The van der Waals surface area contributed by atoms with Crippen LogP contribution in [0.15, 0.2) is 60.7 Å². The third-order valence-corrected chi connectivity index (χ3v) is 5.69. The van der Waals surface area contributed by atoms with Gasteiger partial charge in [0, 0.05) is 23.7 Å². The van der Waals surface area contributed by atoms with Crippen LogP contribution in [0.4, 0.5) is 0 Å². The molecule has 7 heteroatoms. The molecule has 1 N–H and O–H groups in total. The summed E-state index contributed by atoms with van der Waals surface area (Å²) in [6, 6.07) is 18.2. The Morgan fingerprint density at radius 2 is 1.74 bits per heavy atom. The fourth-order valence-electron chi connectivity index (χ4n) is 3.72. The summed E-state index contributed by atoms with van der Waals surface area (Å²) in [5.41, 5.74) is 4.35. The molecule has 0 bridgehead atoms. The number of benzene rings is 3. The molecule has 0 atom stereocenters. The first kappa shape index (κ1) is 25.1. The van der Waals surface area contributed by atoms with Gasteiger partial charge in [0.2, 0.25) is 0 Å². The molecule has 0 aliphatic carbocycles. The molecule has 6 nitrogen and oxygen atoms in total. The van der Waals surface area contributed by atoms with Crippen LogP contribution in [-0.2, 0) is 22.6 Å². The molecule has 34 heavy (non-hydrogen) atoms. The third kappa shape index (κ3) is 6.51.